The van der Waals surface area contributed by atoms with Crippen molar-refractivity contribution in [1.82, 2.24) is 4.90 Å². The van der Waals surface area contributed by atoms with Gasteiger partial charge in [0, 0.05) is 43.5 Å². The number of carbonyl (C=O) groups is 1. The molecule has 0 atom stereocenters. The van der Waals surface area contributed by atoms with Crippen LogP contribution in [-0.4, -0.2) is 37.7 Å². The molecule has 0 saturated carbocycles. The Morgan fingerprint density at radius 2 is 1.83 bits per heavy atom. The van der Waals surface area contributed by atoms with Gasteiger partial charge in [0.05, 0.1) is 11.4 Å². The second kappa shape index (κ2) is 6.49. The third-order valence-electron chi connectivity index (χ3n) is 3.76. The third-order valence-corrected chi connectivity index (χ3v) is 3.99. The van der Waals surface area contributed by atoms with Crippen molar-refractivity contribution in [3.63, 3.8) is 0 Å². The summed E-state index contributed by atoms with van der Waals surface area (Å²) in [6, 6.07) is 15.3. The number of likely N-dealkylation sites (N-methyl/N-ethyl adjacent to an activating group) is 1. The van der Waals surface area contributed by atoms with E-state index in [0.29, 0.717) is 10.7 Å². The minimum Gasteiger partial charge on any atom is -0.382 e. The first kappa shape index (κ1) is 16.3. The summed E-state index contributed by atoms with van der Waals surface area (Å²) in [7, 11) is 5.49. The molecule has 0 N–H and O–H groups in total. The minimum absolute atomic E-state index is 0.154. The first-order chi connectivity index (χ1) is 11.5. The Balaban J connectivity index is 2.30. The number of aliphatic imine (C=N–C) groups is 1. The van der Waals surface area contributed by atoms with Gasteiger partial charge in [-0.15, -0.1) is 0 Å². The van der Waals surface area contributed by atoms with Crippen LogP contribution in [0.15, 0.2) is 65.4 Å². The van der Waals surface area contributed by atoms with Crippen LogP contribution in [0.25, 0.3) is 0 Å². The molecule has 0 spiro atoms. The highest BCUT2D eigenvalue weighted by Crippen LogP contribution is 2.31. The fourth-order valence-corrected chi connectivity index (χ4v) is 2.82. The lowest BCUT2D eigenvalue weighted by Crippen LogP contribution is -2.27. The summed E-state index contributed by atoms with van der Waals surface area (Å²) in [5.41, 5.74) is 3.68. The number of benzodiazepines with no additional fused rings is 1. The van der Waals surface area contributed by atoms with Gasteiger partial charge in [0.25, 0.3) is 5.91 Å². The number of hydrogen-bond acceptors (Lipinski definition) is 3. The maximum Gasteiger partial charge on any atom is 0.278 e. The molecule has 1 aliphatic rings. The van der Waals surface area contributed by atoms with Crippen molar-refractivity contribution >= 4 is 28.9 Å². The summed E-state index contributed by atoms with van der Waals surface area (Å²) in [5, 5.41) is 0.610. The maximum atomic E-state index is 12.8. The van der Waals surface area contributed by atoms with Gasteiger partial charge in [-0.1, -0.05) is 41.9 Å². The van der Waals surface area contributed by atoms with Crippen molar-refractivity contribution in [3.05, 3.63) is 76.6 Å². The van der Waals surface area contributed by atoms with Gasteiger partial charge in [0.1, 0.15) is 5.70 Å². The Kier molecular flexibility index (Phi) is 4.40. The minimum atomic E-state index is -0.154. The molecule has 0 saturated heterocycles. The van der Waals surface area contributed by atoms with Crippen molar-refractivity contribution < 1.29 is 4.79 Å². The summed E-state index contributed by atoms with van der Waals surface area (Å²) in [6.45, 7) is 0. The van der Waals surface area contributed by atoms with Crippen LogP contribution in [0.1, 0.15) is 11.1 Å². The van der Waals surface area contributed by atoms with Gasteiger partial charge in [-0.25, -0.2) is 4.99 Å². The molecular formula is C19H18ClN3O. The van der Waals surface area contributed by atoms with E-state index in [2.05, 4.69) is 4.99 Å². The number of benzene rings is 2. The highest BCUT2D eigenvalue weighted by molar-refractivity contribution is 6.32. The SMILES string of the molecule is CN(C)C=C1N=C(c2ccccc2)c2cc(Cl)ccc2N(C)C1=O. The van der Waals surface area contributed by atoms with Gasteiger partial charge >= 0.3 is 0 Å². The van der Waals surface area contributed by atoms with Crippen molar-refractivity contribution in [1.29, 1.82) is 0 Å². The standard InChI is InChI=1S/C19H18ClN3O/c1-22(2)12-16-19(24)23(3)17-10-9-14(20)11-15(17)18(21-16)13-7-5-4-6-8-13/h4-12H,1-3H3. The largest absolute Gasteiger partial charge is 0.382 e. The topological polar surface area (TPSA) is 35.9 Å². The van der Waals surface area contributed by atoms with E-state index in [1.165, 1.54) is 0 Å². The number of fused-ring (bicyclic) bond motifs is 1. The quantitative estimate of drug-likeness (QED) is 0.784. The van der Waals surface area contributed by atoms with E-state index in [4.69, 9.17) is 11.6 Å². The lowest BCUT2D eigenvalue weighted by atomic mass is 10.0. The van der Waals surface area contributed by atoms with E-state index in [9.17, 15) is 4.79 Å². The van der Waals surface area contributed by atoms with Gasteiger partial charge in [-0.3, -0.25) is 4.79 Å². The molecule has 0 fully saturated rings. The van der Waals surface area contributed by atoms with E-state index < -0.39 is 0 Å². The molecule has 0 aromatic heterocycles. The van der Waals surface area contributed by atoms with Crippen LogP contribution in [0.2, 0.25) is 5.02 Å². The number of halogens is 1. The molecular weight excluding hydrogens is 322 g/mol. The van der Waals surface area contributed by atoms with Crippen molar-refractivity contribution in [2.24, 2.45) is 4.99 Å². The van der Waals surface area contributed by atoms with Gasteiger partial charge in [0.2, 0.25) is 0 Å². The average Bonchev–Trinajstić information content (AvgIpc) is 2.66. The Morgan fingerprint density at radius 1 is 1.12 bits per heavy atom. The van der Waals surface area contributed by atoms with E-state index in [1.54, 1.807) is 24.2 Å². The summed E-state index contributed by atoms with van der Waals surface area (Å²) in [4.78, 5) is 20.9. The van der Waals surface area contributed by atoms with Crippen molar-refractivity contribution in [2.45, 2.75) is 0 Å². The predicted molar refractivity (Wildman–Crippen MR) is 98.7 cm³/mol. The summed E-state index contributed by atoms with van der Waals surface area (Å²) < 4.78 is 0. The Bertz CT molecular complexity index is 841. The monoisotopic (exact) mass is 339 g/mol. The fraction of sp³-hybridized carbons (Fsp3) is 0.158. The number of carbonyl (C=O) groups excluding carboxylic acids is 1. The molecule has 4 nitrogen and oxygen atoms in total. The lowest BCUT2D eigenvalue weighted by molar-refractivity contribution is -0.114. The molecule has 3 rings (SSSR count). The van der Waals surface area contributed by atoms with Gasteiger partial charge in [-0.2, -0.15) is 0 Å². The Morgan fingerprint density at radius 3 is 2.50 bits per heavy atom. The molecule has 2 aromatic carbocycles. The van der Waals surface area contributed by atoms with E-state index >= 15 is 0 Å². The molecule has 5 heteroatoms. The van der Waals surface area contributed by atoms with Crippen LogP contribution in [0, 0.1) is 0 Å². The smallest absolute Gasteiger partial charge is 0.278 e. The van der Waals surface area contributed by atoms with Crippen molar-refractivity contribution in [3.8, 4) is 0 Å². The van der Waals surface area contributed by atoms with Gasteiger partial charge < -0.3 is 9.80 Å². The van der Waals surface area contributed by atoms with Gasteiger partial charge in [-0.05, 0) is 18.2 Å². The molecule has 1 amide bonds. The molecule has 0 unspecified atom stereocenters. The zero-order valence-corrected chi connectivity index (χ0v) is 14.6. The summed E-state index contributed by atoms with van der Waals surface area (Å²) in [5.74, 6) is -0.154. The molecule has 122 valence electrons. The van der Waals surface area contributed by atoms with Crippen LogP contribution in [-0.2, 0) is 4.79 Å². The first-order valence-corrected chi connectivity index (χ1v) is 7.95. The predicted octanol–water partition coefficient (Wildman–Crippen LogP) is 3.56. The number of anilines is 1. The van der Waals surface area contributed by atoms with E-state index in [0.717, 1.165) is 22.5 Å². The Hall–Kier alpha value is -2.59. The van der Waals surface area contributed by atoms with E-state index in [1.807, 2.05) is 61.5 Å². The molecule has 24 heavy (non-hydrogen) atoms. The molecule has 0 aliphatic carbocycles. The maximum absolute atomic E-state index is 12.8. The van der Waals surface area contributed by atoms with Crippen LogP contribution < -0.4 is 4.90 Å². The number of nitrogens with zero attached hydrogens (tertiary/aromatic N) is 3. The second-order valence-corrected chi connectivity index (χ2v) is 6.27. The fourth-order valence-electron chi connectivity index (χ4n) is 2.64. The first-order valence-electron chi connectivity index (χ1n) is 7.57. The zero-order valence-electron chi connectivity index (χ0n) is 13.8. The molecule has 2 aromatic rings. The molecule has 0 bridgehead atoms. The number of rotatable bonds is 2. The highest BCUT2D eigenvalue weighted by atomic mass is 35.5. The third kappa shape index (κ3) is 3.05. The highest BCUT2D eigenvalue weighted by Gasteiger charge is 2.26. The number of hydrogen-bond donors (Lipinski definition) is 0. The lowest BCUT2D eigenvalue weighted by Gasteiger charge is -2.18. The summed E-state index contributed by atoms with van der Waals surface area (Å²) in [6.07, 6.45) is 1.73. The van der Waals surface area contributed by atoms with Crippen LogP contribution in [0.4, 0.5) is 5.69 Å². The average molecular weight is 340 g/mol. The second-order valence-electron chi connectivity index (χ2n) is 5.83. The van der Waals surface area contributed by atoms with Crippen molar-refractivity contribution in [2.75, 3.05) is 26.0 Å². The summed E-state index contributed by atoms with van der Waals surface area (Å²) >= 11 is 6.21. The van der Waals surface area contributed by atoms with Crippen LogP contribution >= 0.6 is 11.6 Å². The molecule has 1 heterocycles. The normalized spacial score (nSPS) is 15.8. The van der Waals surface area contributed by atoms with Crippen LogP contribution in [0.3, 0.4) is 0 Å². The number of amides is 1. The van der Waals surface area contributed by atoms with Gasteiger partial charge in [0.15, 0.2) is 0 Å². The molecule has 0 radical (unpaired) electrons. The molecule has 1 aliphatic heterocycles. The Labute approximate surface area is 146 Å². The zero-order chi connectivity index (χ0) is 17.3. The van der Waals surface area contributed by atoms with E-state index in [-0.39, 0.29) is 5.91 Å². The van der Waals surface area contributed by atoms with Crippen LogP contribution in [0.5, 0.6) is 0 Å².